The monoisotopic (exact) mass is 197 g/mol. The highest BCUT2D eigenvalue weighted by Crippen LogP contribution is 2.28. The summed E-state index contributed by atoms with van der Waals surface area (Å²) < 4.78 is 0. The molecule has 1 aliphatic heterocycles. The lowest BCUT2D eigenvalue weighted by Crippen LogP contribution is -2.30. The summed E-state index contributed by atoms with van der Waals surface area (Å²) >= 11 is 5.70. The maximum atomic E-state index is 5.82. The first-order valence-electron chi connectivity index (χ1n) is 4.40. The predicted molar refractivity (Wildman–Crippen MR) is 52.1 cm³/mol. The first-order valence-corrected chi connectivity index (χ1v) is 4.78. The molecule has 0 saturated carbocycles. The third-order valence-corrected chi connectivity index (χ3v) is 2.65. The van der Waals surface area contributed by atoms with Crippen molar-refractivity contribution in [2.24, 2.45) is 5.84 Å². The molecular weight excluding hydrogens is 186 g/mol. The molecule has 2 rings (SSSR count). The summed E-state index contributed by atoms with van der Waals surface area (Å²) in [7, 11) is 0. The van der Waals surface area contributed by atoms with E-state index >= 15 is 0 Å². The highest BCUT2D eigenvalue weighted by molar-refractivity contribution is 6.29. The topological polar surface area (TPSA) is 42.1 Å². The van der Waals surface area contributed by atoms with Gasteiger partial charge in [0.1, 0.15) is 5.15 Å². The zero-order valence-electron chi connectivity index (χ0n) is 7.28. The van der Waals surface area contributed by atoms with Gasteiger partial charge in [-0.25, -0.2) is 9.99 Å². The summed E-state index contributed by atoms with van der Waals surface area (Å²) in [6, 6.07) is 4.12. The van der Waals surface area contributed by atoms with Gasteiger partial charge in [-0.1, -0.05) is 17.7 Å². The molecule has 0 amide bonds. The Kier molecular flexibility index (Phi) is 2.49. The minimum atomic E-state index is 0.324. The van der Waals surface area contributed by atoms with E-state index in [2.05, 4.69) is 4.98 Å². The van der Waals surface area contributed by atoms with E-state index in [9.17, 15) is 0 Å². The van der Waals surface area contributed by atoms with Crippen molar-refractivity contribution in [3.05, 3.63) is 29.0 Å². The van der Waals surface area contributed by atoms with E-state index < -0.39 is 0 Å². The van der Waals surface area contributed by atoms with Crippen molar-refractivity contribution in [3.63, 3.8) is 0 Å². The van der Waals surface area contributed by atoms with Gasteiger partial charge >= 0.3 is 0 Å². The van der Waals surface area contributed by atoms with Gasteiger partial charge in [-0.2, -0.15) is 0 Å². The highest BCUT2D eigenvalue weighted by atomic mass is 35.5. The lowest BCUT2D eigenvalue weighted by atomic mass is 10.1. The third kappa shape index (κ3) is 1.82. The summed E-state index contributed by atoms with van der Waals surface area (Å²) in [5.41, 5.74) is 1.16. The lowest BCUT2D eigenvalue weighted by Gasteiger charge is -2.18. The molecule has 1 aromatic heterocycles. The van der Waals surface area contributed by atoms with Crippen molar-refractivity contribution >= 4 is 11.6 Å². The van der Waals surface area contributed by atoms with Crippen LogP contribution >= 0.6 is 11.6 Å². The van der Waals surface area contributed by atoms with E-state index in [4.69, 9.17) is 17.4 Å². The molecule has 1 fully saturated rings. The van der Waals surface area contributed by atoms with Crippen LogP contribution in [-0.4, -0.2) is 16.5 Å². The maximum Gasteiger partial charge on any atom is 0.129 e. The van der Waals surface area contributed by atoms with E-state index in [1.165, 1.54) is 0 Å². The molecular formula is C9H12ClN3. The van der Waals surface area contributed by atoms with Gasteiger partial charge in [-0.3, -0.25) is 5.84 Å². The molecule has 1 saturated heterocycles. The molecule has 0 aliphatic carbocycles. The molecule has 3 nitrogen and oxygen atoms in total. The van der Waals surface area contributed by atoms with Crippen LogP contribution in [0.2, 0.25) is 5.15 Å². The fourth-order valence-corrected chi connectivity index (χ4v) is 1.84. The van der Waals surface area contributed by atoms with Crippen LogP contribution in [0.3, 0.4) is 0 Å². The normalized spacial score (nSPS) is 23.7. The summed E-state index contributed by atoms with van der Waals surface area (Å²) in [6.07, 6.45) is 4.07. The predicted octanol–water partition coefficient (Wildman–Crippen LogP) is 1.75. The number of hydrogen-bond acceptors (Lipinski definition) is 3. The number of pyridine rings is 1. The second kappa shape index (κ2) is 3.62. The van der Waals surface area contributed by atoms with E-state index in [1.807, 2.05) is 17.1 Å². The number of hydrazine groups is 1. The third-order valence-electron chi connectivity index (χ3n) is 2.43. The van der Waals surface area contributed by atoms with Crippen molar-refractivity contribution in [1.29, 1.82) is 0 Å². The van der Waals surface area contributed by atoms with Crippen LogP contribution in [0.4, 0.5) is 0 Å². The van der Waals surface area contributed by atoms with E-state index in [-0.39, 0.29) is 0 Å². The summed E-state index contributed by atoms with van der Waals surface area (Å²) in [5, 5.41) is 2.40. The molecule has 2 N–H and O–H groups in total. The Morgan fingerprint density at radius 3 is 2.92 bits per heavy atom. The van der Waals surface area contributed by atoms with Crippen molar-refractivity contribution in [3.8, 4) is 0 Å². The molecule has 0 unspecified atom stereocenters. The summed E-state index contributed by atoms with van der Waals surface area (Å²) in [6.45, 7) is 0.966. The number of nitrogens with zero attached hydrogens (tertiary/aromatic N) is 2. The number of nitrogens with two attached hydrogens (primary N) is 1. The van der Waals surface area contributed by atoms with E-state index in [0.29, 0.717) is 11.2 Å². The number of rotatable bonds is 1. The second-order valence-electron chi connectivity index (χ2n) is 3.31. The molecule has 0 radical (unpaired) electrons. The van der Waals surface area contributed by atoms with Crippen molar-refractivity contribution < 1.29 is 0 Å². The van der Waals surface area contributed by atoms with Crippen molar-refractivity contribution in [2.75, 3.05) is 6.54 Å². The molecule has 13 heavy (non-hydrogen) atoms. The Labute approximate surface area is 82.5 Å². The standard InChI is InChI=1S/C9H12ClN3/c10-9-4-3-7(6-12-9)8-2-1-5-13(8)11/h3-4,6,8H,1-2,5,11H2/t8-/m0/s1. The van der Waals surface area contributed by atoms with Crippen LogP contribution in [0.15, 0.2) is 18.3 Å². The molecule has 1 aromatic rings. The van der Waals surface area contributed by atoms with Crippen LogP contribution in [0.5, 0.6) is 0 Å². The van der Waals surface area contributed by atoms with Gasteiger partial charge < -0.3 is 0 Å². The van der Waals surface area contributed by atoms with Crippen LogP contribution in [0, 0.1) is 0 Å². The minimum Gasteiger partial charge on any atom is -0.268 e. The van der Waals surface area contributed by atoms with Gasteiger partial charge in [0.25, 0.3) is 0 Å². The average Bonchev–Trinajstić information content (AvgIpc) is 2.53. The Morgan fingerprint density at radius 2 is 2.38 bits per heavy atom. The van der Waals surface area contributed by atoms with Crippen molar-refractivity contribution in [1.82, 2.24) is 9.99 Å². The fourth-order valence-electron chi connectivity index (χ4n) is 1.73. The molecule has 4 heteroatoms. The summed E-state index contributed by atoms with van der Waals surface area (Å²) in [4.78, 5) is 4.04. The molecule has 70 valence electrons. The van der Waals surface area contributed by atoms with Gasteiger partial charge in [-0.05, 0) is 24.5 Å². The largest absolute Gasteiger partial charge is 0.268 e. The molecule has 1 atom stereocenters. The minimum absolute atomic E-state index is 0.324. The number of aromatic nitrogens is 1. The molecule has 0 spiro atoms. The average molecular weight is 198 g/mol. The van der Waals surface area contributed by atoms with Gasteiger partial charge in [0.05, 0.1) is 6.04 Å². The zero-order chi connectivity index (χ0) is 9.26. The van der Waals surface area contributed by atoms with Gasteiger partial charge in [0.2, 0.25) is 0 Å². The number of hydrogen-bond donors (Lipinski definition) is 1. The van der Waals surface area contributed by atoms with Crippen LogP contribution in [-0.2, 0) is 0 Å². The molecule has 1 aliphatic rings. The molecule has 0 bridgehead atoms. The smallest absolute Gasteiger partial charge is 0.129 e. The Bertz CT molecular complexity index is 285. The Hall–Kier alpha value is -0.640. The molecule has 0 aromatic carbocycles. The maximum absolute atomic E-state index is 5.82. The summed E-state index contributed by atoms with van der Waals surface area (Å²) in [5.74, 6) is 5.82. The Balaban J connectivity index is 2.20. The van der Waals surface area contributed by atoms with Crippen molar-refractivity contribution in [2.45, 2.75) is 18.9 Å². The first-order chi connectivity index (χ1) is 6.27. The van der Waals surface area contributed by atoms with Crippen LogP contribution in [0.25, 0.3) is 0 Å². The van der Waals surface area contributed by atoms with Gasteiger partial charge in [0, 0.05) is 12.7 Å². The van der Waals surface area contributed by atoms with E-state index in [0.717, 1.165) is 24.9 Å². The van der Waals surface area contributed by atoms with Gasteiger partial charge in [-0.15, -0.1) is 0 Å². The van der Waals surface area contributed by atoms with Crippen LogP contribution < -0.4 is 5.84 Å². The SMILES string of the molecule is NN1CCC[C@H]1c1ccc(Cl)nc1. The number of halogens is 1. The quantitative estimate of drug-likeness (QED) is 0.551. The highest BCUT2D eigenvalue weighted by Gasteiger charge is 2.23. The first kappa shape index (κ1) is 8.94. The molecule has 2 heterocycles. The van der Waals surface area contributed by atoms with E-state index in [1.54, 1.807) is 6.20 Å². The van der Waals surface area contributed by atoms with Crippen LogP contribution in [0.1, 0.15) is 24.4 Å². The lowest BCUT2D eigenvalue weighted by molar-refractivity contribution is 0.266. The Morgan fingerprint density at radius 1 is 1.54 bits per heavy atom. The second-order valence-corrected chi connectivity index (χ2v) is 3.70. The fraction of sp³-hybridized carbons (Fsp3) is 0.444. The van der Waals surface area contributed by atoms with Gasteiger partial charge in [0.15, 0.2) is 0 Å². The zero-order valence-corrected chi connectivity index (χ0v) is 8.04.